The number of nitro benzene ring substituents is 1. The molecule has 1 aliphatic heterocycles. The van der Waals surface area contributed by atoms with Gasteiger partial charge in [-0.2, -0.15) is 5.10 Å². The number of amides is 3. The van der Waals surface area contributed by atoms with Crippen LogP contribution in [0.1, 0.15) is 5.56 Å². The number of carbonyl (C=O) groups is 2. The minimum atomic E-state index is -0.618. The van der Waals surface area contributed by atoms with Crippen LogP contribution in [-0.2, 0) is 4.79 Å². The minimum absolute atomic E-state index is 0.0987. The monoisotopic (exact) mass is 277 g/mol. The zero-order valence-corrected chi connectivity index (χ0v) is 10.5. The molecule has 2 rings (SSSR count). The maximum Gasteiger partial charge on any atom is 0.344 e. The van der Waals surface area contributed by atoms with Crippen LogP contribution in [0.25, 0.3) is 0 Å². The molecule has 0 bridgehead atoms. The van der Waals surface area contributed by atoms with Gasteiger partial charge >= 0.3 is 6.03 Å². The number of nitrogens with zero attached hydrogens (tertiary/aromatic N) is 3. The van der Waals surface area contributed by atoms with E-state index in [-0.39, 0.29) is 12.2 Å². The van der Waals surface area contributed by atoms with E-state index in [1.165, 1.54) is 18.3 Å². The number of hydrazone groups is 1. The van der Waals surface area contributed by atoms with E-state index in [2.05, 4.69) is 15.7 Å². The number of urea groups is 1. The molecular formula is C11H11N5O4. The molecule has 104 valence electrons. The number of hydrogen-bond donors (Lipinski definition) is 2. The van der Waals surface area contributed by atoms with Gasteiger partial charge in [-0.1, -0.05) is 6.07 Å². The van der Waals surface area contributed by atoms with Gasteiger partial charge in [-0.15, -0.1) is 0 Å². The lowest BCUT2D eigenvalue weighted by Gasteiger charge is -2.05. The van der Waals surface area contributed by atoms with Crippen molar-refractivity contribution < 1.29 is 14.5 Å². The number of rotatable bonds is 4. The molecule has 2 N–H and O–H groups in total. The lowest BCUT2D eigenvalue weighted by Crippen LogP contribution is -2.24. The Balaban J connectivity index is 2.22. The van der Waals surface area contributed by atoms with Crippen molar-refractivity contribution >= 4 is 29.5 Å². The molecule has 9 nitrogen and oxygen atoms in total. The van der Waals surface area contributed by atoms with Crippen LogP contribution in [0, 0.1) is 10.1 Å². The summed E-state index contributed by atoms with van der Waals surface area (Å²) in [5, 5.41) is 20.4. The van der Waals surface area contributed by atoms with Crippen LogP contribution in [0.3, 0.4) is 0 Å². The highest BCUT2D eigenvalue weighted by atomic mass is 16.6. The molecule has 1 saturated heterocycles. The lowest BCUT2D eigenvalue weighted by atomic mass is 10.2. The summed E-state index contributed by atoms with van der Waals surface area (Å²) in [7, 11) is 1.58. The van der Waals surface area contributed by atoms with E-state index >= 15 is 0 Å². The van der Waals surface area contributed by atoms with Crippen LogP contribution < -0.4 is 10.6 Å². The van der Waals surface area contributed by atoms with Gasteiger partial charge in [0.25, 0.3) is 5.69 Å². The fourth-order valence-corrected chi connectivity index (χ4v) is 1.65. The van der Waals surface area contributed by atoms with Crippen LogP contribution in [0.4, 0.5) is 16.2 Å². The van der Waals surface area contributed by atoms with Gasteiger partial charge in [0.05, 0.1) is 11.1 Å². The number of hydrogen-bond acceptors (Lipinski definition) is 6. The van der Waals surface area contributed by atoms with E-state index in [1.807, 2.05) is 0 Å². The van der Waals surface area contributed by atoms with Crippen LogP contribution in [0.2, 0.25) is 0 Å². The Hall–Kier alpha value is -2.97. The average Bonchev–Trinajstić information content (AvgIpc) is 2.74. The zero-order chi connectivity index (χ0) is 14.7. The predicted octanol–water partition coefficient (Wildman–Crippen LogP) is 0.522. The van der Waals surface area contributed by atoms with Gasteiger partial charge in [0.1, 0.15) is 12.2 Å². The first-order valence-electron chi connectivity index (χ1n) is 5.63. The standard InChI is InChI=1S/C11H11N5O4/c1-12-8-3-2-7(4-9(8)16(19)20)5-13-15-6-10(17)14-11(15)18/h2-5,12H,6H2,1H3,(H,14,17,18)/b13-5+. The van der Waals surface area contributed by atoms with Gasteiger partial charge in [-0.3, -0.25) is 20.2 Å². The molecule has 20 heavy (non-hydrogen) atoms. The second kappa shape index (κ2) is 5.34. The number of nitro groups is 1. The molecular weight excluding hydrogens is 266 g/mol. The van der Waals surface area contributed by atoms with Crippen LogP contribution in [0.5, 0.6) is 0 Å². The third kappa shape index (κ3) is 2.71. The quantitative estimate of drug-likeness (QED) is 0.360. The molecule has 0 saturated carbocycles. The van der Waals surface area contributed by atoms with Gasteiger partial charge in [-0.25, -0.2) is 9.80 Å². The summed E-state index contributed by atoms with van der Waals surface area (Å²) in [6, 6.07) is 3.85. The van der Waals surface area contributed by atoms with Crippen LogP contribution >= 0.6 is 0 Å². The van der Waals surface area contributed by atoms with Crippen molar-refractivity contribution in [3.8, 4) is 0 Å². The van der Waals surface area contributed by atoms with E-state index in [4.69, 9.17) is 0 Å². The topological polar surface area (TPSA) is 117 Å². The summed E-state index contributed by atoms with van der Waals surface area (Å²) in [6.45, 7) is -0.161. The summed E-state index contributed by atoms with van der Waals surface area (Å²) in [4.78, 5) is 32.6. The van der Waals surface area contributed by atoms with Crippen molar-refractivity contribution in [3.63, 3.8) is 0 Å². The van der Waals surface area contributed by atoms with E-state index in [0.717, 1.165) is 5.01 Å². The highest BCUT2D eigenvalue weighted by Gasteiger charge is 2.26. The van der Waals surface area contributed by atoms with Gasteiger partial charge in [0.15, 0.2) is 0 Å². The number of carbonyl (C=O) groups excluding carboxylic acids is 2. The molecule has 1 heterocycles. The Morgan fingerprint density at radius 2 is 2.25 bits per heavy atom. The molecule has 1 aromatic rings. The fraction of sp³-hybridized carbons (Fsp3) is 0.182. The molecule has 3 amide bonds. The number of anilines is 1. The number of benzene rings is 1. The van der Waals surface area contributed by atoms with Crippen molar-refractivity contribution in [1.29, 1.82) is 0 Å². The smallest absolute Gasteiger partial charge is 0.344 e. The normalized spacial score (nSPS) is 14.8. The molecule has 1 aromatic carbocycles. The maximum absolute atomic E-state index is 11.2. The predicted molar refractivity (Wildman–Crippen MR) is 70.5 cm³/mol. The van der Waals surface area contributed by atoms with Gasteiger partial charge in [0, 0.05) is 18.7 Å². The molecule has 9 heteroatoms. The van der Waals surface area contributed by atoms with Crippen molar-refractivity contribution in [2.75, 3.05) is 18.9 Å². The second-order valence-corrected chi connectivity index (χ2v) is 3.94. The zero-order valence-electron chi connectivity index (χ0n) is 10.5. The van der Waals surface area contributed by atoms with E-state index in [9.17, 15) is 19.7 Å². The Morgan fingerprint density at radius 3 is 2.80 bits per heavy atom. The lowest BCUT2D eigenvalue weighted by molar-refractivity contribution is -0.383. The average molecular weight is 277 g/mol. The third-order valence-corrected chi connectivity index (χ3v) is 2.61. The maximum atomic E-state index is 11.2. The molecule has 0 unspecified atom stereocenters. The molecule has 1 aliphatic rings. The molecule has 0 atom stereocenters. The molecule has 0 spiro atoms. The Morgan fingerprint density at radius 1 is 1.50 bits per heavy atom. The Kier molecular flexibility index (Phi) is 3.60. The Bertz CT molecular complexity index is 613. The van der Waals surface area contributed by atoms with E-state index in [1.54, 1.807) is 13.1 Å². The highest BCUT2D eigenvalue weighted by Crippen LogP contribution is 2.24. The first-order chi connectivity index (χ1) is 9.51. The number of nitrogens with one attached hydrogen (secondary N) is 2. The minimum Gasteiger partial charge on any atom is -0.383 e. The van der Waals surface area contributed by atoms with Gasteiger partial charge in [0.2, 0.25) is 5.91 Å². The van der Waals surface area contributed by atoms with Crippen molar-refractivity contribution in [2.24, 2.45) is 5.10 Å². The summed E-state index contributed by atoms with van der Waals surface area (Å²) in [5.41, 5.74) is 0.725. The van der Waals surface area contributed by atoms with E-state index < -0.39 is 16.9 Å². The first kappa shape index (κ1) is 13.5. The second-order valence-electron chi connectivity index (χ2n) is 3.94. The fourth-order valence-electron chi connectivity index (χ4n) is 1.65. The SMILES string of the molecule is CNc1ccc(/C=N/N2CC(=O)NC2=O)cc1[N+](=O)[O-]. The highest BCUT2D eigenvalue weighted by molar-refractivity contribution is 6.02. The number of imide groups is 1. The van der Waals surface area contributed by atoms with Crippen LogP contribution in [0.15, 0.2) is 23.3 Å². The summed E-state index contributed by atoms with van der Waals surface area (Å²) in [6.07, 6.45) is 1.28. The van der Waals surface area contributed by atoms with Gasteiger partial charge < -0.3 is 5.32 Å². The van der Waals surface area contributed by atoms with Crippen molar-refractivity contribution in [2.45, 2.75) is 0 Å². The molecule has 0 aromatic heterocycles. The molecule has 0 radical (unpaired) electrons. The Labute approximate surface area is 113 Å². The largest absolute Gasteiger partial charge is 0.383 e. The van der Waals surface area contributed by atoms with Gasteiger partial charge in [-0.05, 0) is 6.07 Å². The third-order valence-electron chi connectivity index (χ3n) is 2.61. The molecule has 1 fully saturated rings. The van der Waals surface area contributed by atoms with E-state index in [0.29, 0.717) is 11.3 Å². The van der Waals surface area contributed by atoms with Crippen molar-refractivity contribution in [1.82, 2.24) is 10.3 Å². The first-order valence-corrected chi connectivity index (χ1v) is 5.63. The summed E-state index contributed by atoms with van der Waals surface area (Å²) in [5.74, 6) is -0.441. The summed E-state index contributed by atoms with van der Waals surface area (Å²) >= 11 is 0. The van der Waals surface area contributed by atoms with Crippen molar-refractivity contribution in [3.05, 3.63) is 33.9 Å². The molecule has 0 aliphatic carbocycles. The van der Waals surface area contributed by atoms with Crippen LogP contribution in [-0.4, -0.2) is 41.7 Å². The summed E-state index contributed by atoms with van der Waals surface area (Å²) < 4.78 is 0.